The first-order chi connectivity index (χ1) is 43.8. The molecular weight excluding hydrogens is 1120 g/mol. The van der Waals surface area contributed by atoms with Crippen LogP contribution in [-0.2, 0) is 32.7 Å². The highest BCUT2D eigenvalue weighted by molar-refractivity contribution is 7.47. The predicted molar refractivity (Wildman–Crippen MR) is 385 cm³/mol. The summed E-state index contributed by atoms with van der Waals surface area (Å²) in [5, 5.41) is 0. The fourth-order valence-electron chi connectivity index (χ4n) is 10.4. The average Bonchev–Trinajstić information content (AvgIpc) is 3.68. The van der Waals surface area contributed by atoms with Crippen molar-refractivity contribution in [1.82, 2.24) is 0 Å². The SMILES string of the molecule is CC/C=C\C/C=C\C/C=C\C/C=C\C/C=C\C/C=C\C/C=C\C/C=C\C/C=C\CCCCCCCCCCCC(=O)OC(COC(=O)CCCCCCCCCCCCCCCCCCCCC/C=C\CCCCCCCCCC)COP(=O)(O)OCCN. The van der Waals surface area contributed by atoms with Crippen molar-refractivity contribution in [3.63, 3.8) is 0 Å². The van der Waals surface area contributed by atoms with Gasteiger partial charge >= 0.3 is 19.8 Å². The number of rotatable bonds is 69. The van der Waals surface area contributed by atoms with Gasteiger partial charge in [0.25, 0.3) is 0 Å². The van der Waals surface area contributed by atoms with Gasteiger partial charge in [0.2, 0.25) is 0 Å². The van der Waals surface area contributed by atoms with Crippen LogP contribution in [0.3, 0.4) is 0 Å². The van der Waals surface area contributed by atoms with E-state index in [-0.39, 0.29) is 38.6 Å². The lowest BCUT2D eigenvalue weighted by Gasteiger charge is -2.19. The van der Waals surface area contributed by atoms with Crippen molar-refractivity contribution in [1.29, 1.82) is 0 Å². The Morgan fingerprint density at radius 2 is 0.618 bits per heavy atom. The number of phosphoric ester groups is 1. The van der Waals surface area contributed by atoms with Crippen molar-refractivity contribution < 1.29 is 37.6 Å². The largest absolute Gasteiger partial charge is 0.472 e. The molecule has 0 bridgehead atoms. The summed E-state index contributed by atoms with van der Waals surface area (Å²) in [6.07, 6.45) is 103. The van der Waals surface area contributed by atoms with Gasteiger partial charge in [0.1, 0.15) is 6.61 Å². The van der Waals surface area contributed by atoms with Crippen LogP contribution in [0.5, 0.6) is 0 Å². The lowest BCUT2D eigenvalue weighted by atomic mass is 10.0. The van der Waals surface area contributed by atoms with Gasteiger partial charge < -0.3 is 20.1 Å². The Balaban J connectivity index is 3.90. The molecule has 0 heterocycles. The van der Waals surface area contributed by atoms with E-state index in [1.54, 1.807) is 0 Å². The summed E-state index contributed by atoms with van der Waals surface area (Å²) in [4.78, 5) is 35.4. The maximum atomic E-state index is 12.8. The second kappa shape index (κ2) is 73.5. The minimum Gasteiger partial charge on any atom is -0.462 e. The standard InChI is InChI=1S/C79H138NO8P/c1-3-5-7-9-11-13-15-17-19-21-23-25-27-29-31-33-35-36-37-38-39-40-42-44-46-48-50-52-54-56-58-60-62-64-66-68-70-72-79(82)88-77(76-87-89(83,84)86-74-73-80)75-85-78(81)71-69-67-65-63-61-59-57-55-53-51-49-47-45-43-41-34-32-30-28-26-24-22-20-18-16-14-12-10-8-6-4-2/h5,7,11,13,17,19,22-25,29,31,35-36,38-39,42,44,48,50,77H,3-4,6,8-10,12,14-16,18,20-21,26-28,30,32-34,37,40-41,43,45-47,49,51-76,80H2,1-2H3,(H,83,84)/b7-5-,13-11-,19-17-,24-22-,25-23-,31-29-,36-35-,39-38-,44-42-,50-48-. The van der Waals surface area contributed by atoms with Crippen molar-refractivity contribution in [3.05, 3.63) is 122 Å². The van der Waals surface area contributed by atoms with Crippen molar-refractivity contribution in [2.75, 3.05) is 26.4 Å². The molecule has 0 radical (unpaired) electrons. The Kier molecular flexibility index (Phi) is 70.5. The molecule has 0 aromatic carbocycles. The predicted octanol–water partition coefficient (Wildman–Crippen LogP) is 24.6. The summed E-state index contributed by atoms with van der Waals surface area (Å²) >= 11 is 0. The molecule has 0 fully saturated rings. The molecule has 10 heteroatoms. The molecular formula is C79H138NO8P. The third kappa shape index (κ3) is 73.3. The van der Waals surface area contributed by atoms with Crippen LogP contribution in [0.1, 0.15) is 335 Å². The second-order valence-electron chi connectivity index (χ2n) is 24.4. The molecule has 0 rings (SSSR count). The maximum Gasteiger partial charge on any atom is 0.472 e. The van der Waals surface area contributed by atoms with Gasteiger partial charge in [-0.05, 0) is 109 Å². The summed E-state index contributed by atoms with van der Waals surface area (Å²) < 4.78 is 33.2. The molecule has 3 N–H and O–H groups in total. The fourth-order valence-corrected chi connectivity index (χ4v) is 11.2. The Hall–Kier alpha value is -3.59. The van der Waals surface area contributed by atoms with E-state index in [0.29, 0.717) is 6.42 Å². The first kappa shape index (κ1) is 85.4. The van der Waals surface area contributed by atoms with Gasteiger partial charge in [0.15, 0.2) is 6.10 Å². The van der Waals surface area contributed by atoms with Crippen molar-refractivity contribution >= 4 is 19.8 Å². The number of phosphoric acid groups is 1. The summed E-state index contributed by atoms with van der Waals surface area (Å²) in [5.41, 5.74) is 5.41. The summed E-state index contributed by atoms with van der Waals surface area (Å²) in [7, 11) is -4.40. The van der Waals surface area contributed by atoms with E-state index >= 15 is 0 Å². The van der Waals surface area contributed by atoms with E-state index in [4.69, 9.17) is 24.3 Å². The van der Waals surface area contributed by atoms with Crippen molar-refractivity contribution in [2.24, 2.45) is 5.73 Å². The van der Waals surface area contributed by atoms with E-state index in [1.165, 1.54) is 199 Å². The molecule has 9 nitrogen and oxygen atoms in total. The highest BCUT2D eigenvalue weighted by atomic mass is 31.2. The first-order valence-corrected chi connectivity index (χ1v) is 38.5. The molecule has 2 unspecified atom stereocenters. The van der Waals surface area contributed by atoms with Gasteiger partial charge in [-0.1, -0.05) is 334 Å². The minimum atomic E-state index is -4.40. The maximum absolute atomic E-state index is 12.8. The van der Waals surface area contributed by atoms with Crippen LogP contribution in [0.2, 0.25) is 0 Å². The average molecular weight is 1260 g/mol. The summed E-state index contributed by atoms with van der Waals surface area (Å²) in [6, 6.07) is 0. The number of unbranched alkanes of at least 4 members (excludes halogenated alkanes) is 36. The van der Waals surface area contributed by atoms with Gasteiger partial charge in [-0.25, -0.2) is 4.57 Å². The molecule has 89 heavy (non-hydrogen) atoms. The molecule has 0 aliphatic carbocycles. The van der Waals surface area contributed by atoms with Crippen LogP contribution in [0.25, 0.3) is 0 Å². The number of hydrogen-bond donors (Lipinski definition) is 2. The highest BCUT2D eigenvalue weighted by Gasteiger charge is 2.26. The molecule has 0 amide bonds. The van der Waals surface area contributed by atoms with Gasteiger partial charge in [-0.15, -0.1) is 0 Å². The lowest BCUT2D eigenvalue weighted by molar-refractivity contribution is -0.161. The van der Waals surface area contributed by atoms with Crippen molar-refractivity contribution in [2.45, 2.75) is 341 Å². The third-order valence-electron chi connectivity index (χ3n) is 15.8. The molecule has 0 saturated heterocycles. The van der Waals surface area contributed by atoms with E-state index < -0.39 is 26.5 Å². The van der Waals surface area contributed by atoms with Crippen LogP contribution < -0.4 is 5.73 Å². The summed E-state index contributed by atoms with van der Waals surface area (Å²) in [5.74, 6) is -0.828. The second-order valence-corrected chi connectivity index (χ2v) is 25.9. The Morgan fingerprint density at radius 1 is 0.348 bits per heavy atom. The Bertz CT molecular complexity index is 1880. The molecule has 0 aromatic rings. The van der Waals surface area contributed by atoms with Crippen LogP contribution >= 0.6 is 7.82 Å². The lowest BCUT2D eigenvalue weighted by Crippen LogP contribution is -2.29. The molecule has 2 atom stereocenters. The smallest absolute Gasteiger partial charge is 0.462 e. The van der Waals surface area contributed by atoms with Crippen LogP contribution in [0, 0.1) is 0 Å². The number of esters is 2. The quantitative estimate of drug-likeness (QED) is 0.0264. The first-order valence-electron chi connectivity index (χ1n) is 37.0. The Morgan fingerprint density at radius 3 is 0.933 bits per heavy atom. The Labute approximate surface area is 549 Å². The number of nitrogens with two attached hydrogens (primary N) is 1. The number of carbonyl (C=O) groups is 2. The number of allylic oxidation sites excluding steroid dienone is 20. The molecule has 0 spiro atoms. The normalized spacial score (nSPS) is 13.6. The van der Waals surface area contributed by atoms with Crippen molar-refractivity contribution in [3.8, 4) is 0 Å². The van der Waals surface area contributed by atoms with Gasteiger partial charge in [0.05, 0.1) is 13.2 Å². The van der Waals surface area contributed by atoms with E-state index in [1.807, 2.05) is 0 Å². The number of carbonyl (C=O) groups excluding carboxylic acids is 2. The van der Waals surface area contributed by atoms with Gasteiger partial charge in [-0.2, -0.15) is 0 Å². The molecule has 512 valence electrons. The molecule has 0 saturated carbocycles. The van der Waals surface area contributed by atoms with Gasteiger partial charge in [0, 0.05) is 19.4 Å². The molecule has 0 aliphatic heterocycles. The third-order valence-corrected chi connectivity index (χ3v) is 16.8. The van der Waals surface area contributed by atoms with E-state index in [0.717, 1.165) is 103 Å². The zero-order valence-corrected chi connectivity index (χ0v) is 58.5. The zero-order valence-electron chi connectivity index (χ0n) is 57.6. The number of hydrogen-bond acceptors (Lipinski definition) is 8. The van der Waals surface area contributed by atoms with Gasteiger partial charge in [-0.3, -0.25) is 18.6 Å². The number of ether oxygens (including phenoxy) is 2. The molecule has 0 aromatic heterocycles. The summed E-state index contributed by atoms with van der Waals surface area (Å²) in [6.45, 7) is 3.66. The van der Waals surface area contributed by atoms with E-state index in [9.17, 15) is 19.0 Å². The fraction of sp³-hybridized carbons (Fsp3) is 0.722. The van der Waals surface area contributed by atoms with Crippen LogP contribution in [0.4, 0.5) is 0 Å². The molecule has 0 aliphatic rings. The zero-order chi connectivity index (χ0) is 64.4. The monoisotopic (exact) mass is 1260 g/mol. The van der Waals surface area contributed by atoms with Crippen LogP contribution in [0.15, 0.2) is 122 Å². The highest BCUT2D eigenvalue weighted by Crippen LogP contribution is 2.43. The van der Waals surface area contributed by atoms with E-state index in [2.05, 4.69) is 135 Å². The topological polar surface area (TPSA) is 134 Å². The van der Waals surface area contributed by atoms with Crippen LogP contribution in [-0.4, -0.2) is 49.3 Å². The minimum absolute atomic E-state index is 0.0485.